The van der Waals surface area contributed by atoms with Crippen LogP contribution < -0.4 is 0 Å². The van der Waals surface area contributed by atoms with Crippen molar-refractivity contribution in [3.05, 3.63) is 35.5 Å². The smallest absolute Gasteiger partial charge is 0.218 e. The van der Waals surface area contributed by atoms with Gasteiger partial charge in [0.15, 0.2) is 5.78 Å². The zero-order valence-electron chi connectivity index (χ0n) is 15.3. The molecule has 0 saturated heterocycles. The number of allylic oxidation sites excluding steroid dienone is 6. The van der Waals surface area contributed by atoms with Gasteiger partial charge in [-0.3, -0.25) is 9.59 Å². The standard InChI is InChI=1S/C21H25FO3S/c1-11-8-15-13-10-17(22)16-9-12(23)4-6-19(16,2)14(13)5-7-20(15,3)21(11,25)18(24)26/h4-6,9,11,13,15,17,25H,7-8,10H2,1-3H3,(H,24,26). The van der Waals surface area contributed by atoms with Gasteiger partial charge < -0.3 is 5.11 Å². The first-order chi connectivity index (χ1) is 12.1. The molecule has 0 aromatic carbocycles. The lowest BCUT2D eigenvalue weighted by Crippen LogP contribution is -2.56. The lowest BCUT2D eigenvalue weighted by atomic mass is 9.51. The first-order valence-corrected chi connectivity index (χ1v) is 9.76. The number of halogens is 1. The van der Waals surface area contributed by atoms with E-state index in [4.69, 9.17) is 0 Å². The summed E-state index contributed by atoms with van der Waals surface area (Å²) in [6.45, 7) is 5.81. The van der Waals surface area contributed by atoms with Crippen LogP contribution >= 0.6 is 12.6 Å². The van der Waals surface area contributed by atoms with E-state index in [1.165, 1.54) is 12.2 Å². The number of ketones is 1. The molecule has 0 spiro atoms. The van der Waals surface area contributed by atoms with E-state index in [-0.39, 0.29) is 23.5 Å². The van der Waals surface area contributed by atoms with Crippen molar-refractivity contribution < 1.29 is 19.1 Å². The molecule has 0 heterocycles. The maximum atomic E-state index is 15.1. The molecular weight excluding hydrogens is 351 g/mol. The van der Waals surface area contributed by atoms with Gasteiger partial charge in [0.1, 0.15) is 11.8 Å². The number of alkyl halides is 1. The Hall–Kier alpha value is -1.20. The van der Waals surface area contributed by atoms with Crippen LogP contribution in [-0.4, -0.2) is 27.8 Å². The largest absolute Gasteiger partial charge is 0.380 e. The maximum Gasteiger partial charge on any atom is 0.218 e. The molecule has 2 fully saturated rings. The summed E-state index contributed by atoms with van der Waals surface area (Å²) in [5.41, 5.74) is -1.06. The molecule has 0 aliphatic heterocycles. The van der Waals surface area contributed by atoms with E-state index < -0.39 is 27.7 Å². The minimum absolute atomic E-state index is 0.0150. The Labute approximate surface area is 158 Å². The predicted octanol–water partition coefficient (Wildman–Crippen LogP) is 3.60. The first-order valence-electron chi connectivity index (χ1n) is 9.31. The predicted molar refractivity (Wildman–Crippen MR) is 100 cm³/mol. The fourth-order valence-electron chi connectivity index (χ4n) is 6.33. The molecule has 0 amide bonds. The monoisotopic (exact) mass is 376 g/mol. The lowest BCUT2D eigenvalue weighted by Gasteiger charge is -2.54. The molecule has 140 valence electrons. The Kier molecular flexibility index (Phi) is 3.79. The highest BCUT2D eigenvalue weighted by atomic mass is 32.1. The average molecular weight is 376 g/mol. The fourth-order valence-corrected chi connectivity index (χ4v) is 6.81. The zero-order valence-corrected chi connectivity index (χ0v) is 16.2. The molecule has 26 heavy (non-hydrogen) atoms. The third-order valence-electron chi connectivity index (χ3n) is 7.84. The molecule has 0 aromatic heterocycles. The quantitative estimate of drug-likeness (QED) is 0.543. The summed E-state index contributed by atoms with van der Waals surface area (Å²) in [6, 6.07) is 0. The number of hydrogen-bond donors (Lipinski definition) is 2. The summed E-state index contributed by atoms with van der Waals surface area (Å²) < 4.78 is 15.1. The van der Waals surface area contributed by atoms with Crippen molar-refractivity contribution in [1.29, 1.82) is 0 Å². The summed E-state index contributed by atoms with van der Waals surface area (Å²) in [5.74, 6) is -0.417. The first kappa shape index (κ1) is 18.2. The van der Waals surface area contributed by atoms with Gasteiger partial charge in [-0.25, -0.2) is 4.39 Å². The zero-order chi connectivity index (χ0) is 19.1. The molecule has 1 N–H and O–H groups in total. The van der Waals surface area contributed by atoms with E-state index >= 15 is 4.39 Å². The Morgan fingerprint density at radius 1 is 1.31 bits per heavy atom. The highest BCUT2D eigenvalue weighted by molar-refractivity contribution is 7.96. The van der Waals surface area contributed by atoms with Gasteiger partial charge in [-0.1, -0.05) is 31.6 Å². The number of carbonyl (C=O) groups excluding carboxylic acids is 2. The average Bonchev–Trinajstić information content (AvgIpc) is 2.78. The second kappa shape index (κ2) is 5.41. The van der Waals surface area contributed by atoms with Gasteiger partial charge in [0.05, 0.1) is 0 Å². The molecule has 0 radical (unpaired) electrons. The van der Waals surface area contributed by atoms with Crippen LogP contribution in [0.15, 0.2) is 35.5 Å². The number of carbonyl (C=O) groups is 2. The van der Waals surface area contributed by atoms with Crippen molar-refractivity contribution in [2.75, 3.05) is 0 Å². The maximum absolute atomic E-state index is 15.1. The molecular formula is C21H25FO3S. The molecule has 3 nitrogen and oxygen atoms in total. The van der Waals surface area contributed by atoms with Crippen LogP contribution in [-0.2, 0) is 9.59 Å². The molecule has 7 unspecified atom stereocenters. The van der Waals surface area contributed by atoms with Gasteiger partial charge in [-0.15, -0.1) is 12.6 Å². The summed E-state index contributed by atoms with van der Waals surface area (Å²) in [6.07, 6.45) is 7.22. The highest BCUT2D eigenvalue weighted by Gasteiger charge is 2.67. The van der Waals surface area contributed by atoms with Gasteiger partial charge >= 0.3 is 0 Å². The second-order valence-electron chi connectivity index (χ2n) is 8.94. The third kappa shape index (κ3) is 1.99. The van der Waals surface area contributed by atoms with E-state index in [1.54, 1.807) is 0 Å². The molecule has 0 bridgehead atoms. The van der Waals surface area contributed by atoms with Crippen molar-refractivity contribution in [3.8, 4) is 0 Å². The number of hydrogen-bond acceptors (Lipinski definition) is 3. The second-order valence-corrected chi connectivity index (χ2v) is 9.35. The van der Waals surface area contributed by atoms with Crippen molar-refractivity contribution in [3.63, 3.8) is 0 Å². The molecule has 5 heteroatoms. The Morgan fingerprint density at radius 2 is 2.00 bits per heavy atom. The van der Waals surface area contributed by atoms with Gasteiger partial charge in [0.25, 0.3) is 0 Å². The molecule has 4 aliphatic rings. The minimum Gasteiger partial charge on any atom is -0.380 e. The third-order valence-corrected chi connectivity index (χ3v) is 8.18. The lowest BCUT2D eigenvalue weighted by molar-refractivity contribution is -0.148. The van der Waals surface area contributed by atoms with Crippen molar-refractivity contribution in [1.82, 2.24) is 0 Å². The van der Waals surface area contributed by atoms with Gasteiger partial charge in [0, 0.05) is 10.8 Å². The molecule has 7 atom stereocenters. The van der Waals surface area contributed by atoms with Crippen LogP contribution in [0.3, 0.4) is 0 Å². The summed E-state index contributed by atoms with van der Waals surface area (Å²) >= 11 is 4.00. The van der Waals surface area contributed by atoms with Crippen molar-refractivity contribution in [2.24, 2.45) is 28.6 Å². The van der Waals surface area contributed by atoms with Crippen LogP contribution in [0.1, 0.15) is 40.0 Å². The Morgan fingerprint density at radius 3 is 2.65 bits per heavy atom. The van der Waals surface area contributed by atoms with E-state index in [1.807, 2.05) is 26.8 Å². The normalized spacial score (nSPS) is 49.7. The Bertz CT molecular complexity index is 799. The molecule has 2 saturated carbocycles. The van der Waals surface area contributed by atoms with Crippen LogP contribution in [0.5, 0.6) is 0 Å². The number of fused-ring (bicyclic) bond motifs is 5. The van der Waals surface area contributed by atoms with E-state index in [0.29, 0.717) is 24.8 Å². The van der Waals surface area contributed by atoms with E-state index in [2.05, 4.69) is 18.7 Å². The molecule has 4 rings (SSSR count). The summed E-state index contributed by atoms with van der Waals surface area (Å²) in [7, 11) is 0. The van der Waals surface area contributed by atoms with Crippen LogP contribution in [0.25, 0.3) is 0 Å². The topological polar surface area (TPSA) is 54.4 Å². The van der Waals surface area contributed by atoms with Crippen molar-refractivity contribution >= 4 is 23.5 Å². The minimum atomic E-state index is -1.50. The number of aliphatic hydroxyl groups is 1. The van der Waals surface area contributed by atoms with Crippen LogP contribution in [0, 0.1) is 28.6 Å². The number of thiol groups is 1. The van der Waals surface area contributed by atoms with Crippen LogP contribution in [0.2, 0.25) is 0 Å². The Balaban J connectivity index is 1.84. The van der Waals surface area contributed by atoms with Gasteiger partial charge in [0.2, 0.25) is 5.12 Å². The molecule has 0 aromatic rings. The van der Waals surface area contributed by atoms with Gasteiger partial charge in [-0.2, -0.15) is 0 Å². The van der Waals surface area contributed by atoms with E-state index in [9.17, 15) is 14.7 Å². The SMILES string of the molecule is CC1CC2C3CC(F)C4=CC(=O)C=CC4(C)C3=CCC2(C)C1(O)C(=O)S. The summed E-state index contributed by atoms with van der Waals surface area (Å²) in [4.78, 5) is 24.0. The molecule has 4 aliphatic carbocycles. The number of rotatable bonds is 1. The fraction of sp³-hybridized carbons (Fsp3) is 0.619. The van der Waals surface area contributed by atoms with Crippen molar-refractivity contribution in [2.45, 2.75) is 51.8 Å². The van der Waals surface area contributed by atoms with E-state index in [0.717, 1.165) is 5.57 Å². The summed E-state index contributed by atoms with van der Waals surface area (Å²) in [5, 5.41) is 10.8. The highest BCUT2D eigenvalue weighted by Crippen LogP contribution is 2.66. The van der Waals surface area contributed by atoms with Crippen LogP contribution in [0.4, 0.5) is 4.39 Å². The van der Waals surface area contributed by atoms with Gasteiger partial charge in [-0.05, 0) is 61.7 Å².